The van der Waals surface area contributed by atoms with Crippen LogP contribution in [0.1, 0.15) is 55.4 Å². The van der Waals surface area contributed by atoms with Gasteiger partial charge in [0, 0.05) is 45.0 Å². The number of allylic oxidation sites excluding steroid dienone is 2. The molecule has 2 aliphatic carbocycles. The Labute approximate surface area is 384 Å². The van der Waals surface area contributed by atoms with Gasteiger partial charge >= 0.3 is 0 Å². The number of rotatable bonds is 10. The first-order chi connectivity index (χ1) is 32.0. The average Bonchev–Trinajstić information content (AvgIpc) is 3.61. The van der Waals surface area contributed by atoms with Crippen molar-refractivity contribution in [3.63, 3.8) is 0 Å². The third-order valence-electron chi connectivity index (χ3n) is 13.9. The third-order valence-corrected chi connectivity index (χ3v) is 13.9. The van der Waals surface area contributed by atoms with Crippen LogP contribution in [-0.2, 0) is 10.8 Å². The van der Waals surface area contributed by atoms with E-state index in [0.29, 0.717) is 0 Å². The standard InChI is InChI=1S/C63H52N2/c1-62(2)59-28-18-27-57(48-21-10-4-11-22-48)61(59)58-42-41-56(45-60(58)62)65(53-35-29-47(30-36-53)46-19-8-3-9-20-46)55-39-33-50(34-40-55)63(43-16-7-17-44-63)49-31-37-54(38-32-49)64(51-23-12-5-13-24-51)52-25-14-6-15-26-52/h3-6,8-16,18-43,45H,7,17,44H2,1-2H3. The molecular formula is C63H52N2. The van der Waals surface area contributed by atoms with Crippen LogP contribution in [0, 0.1) is 0 Å². The molecule has 0 radical (unpaired) electrons. The molecule has 9 aromatic rings. The first-order valence-electron chi connectivity index (χ1n) is 23.1. The van der Waals surface area contributed by atoms with Crippen molar-refractivity contribution in [2.24, 2.45) is 0 Å². The molecule has 65 heavy (non-hydrogen) atoms. The van der Waals surface area contributed by atoms with E-state index in [0.717, 1.165) is 53.4 Å². The molecule has 2 heteroatoms. The molecule has 0 amide bonds. The molecule has 0 aliphatic heterocycles. The molecule has 2 aliphatic rings. The molecule has 0 N–H and O–H groups in total. The van der Waals surface area contributed by atoms with Gasteiger partial charge in [-0.2, -0.15) is 0 Å². The van der Waals surface area contributed by atoms with E-state index in [1.807, 2.05) is 0 Å². The summed E-state index contributed by atoms with van der Waals surface area (Å²) in [6, 6.07) is 84.6. The van der Waals surface area contributed by atoms with Gasteiger partial charge in [0.05, 0.1) is 0 Å². The van der Waals surface area contributed by atoms with Gasteiger partial charge in [-0.15, -0.1) is 0 Å². The minimum atomic E-state index is -0.234. The van der Waals surface area contributed by atoms with Crippen LogP contribution in [0.3, 0.4) is 0 Å². The van der Waals surface area contributed by atoms with E-state index >= 15 is 0 Å². The quantitative estimate of drug-likeness (QED) is 0.127. The highest BCUT2D eigenvalue weighted by atomic mass is 15.1. The molecule has 1 atom stereocenters. The van der Waals surface area contributed by atoms with Crippen molar-refractivity contribution in [2.75, 3.05) is 9.80 Å². The second kappa shape index (κ2) is 16.8. The zero-order chi connectivity index (χ0) is 43.8. The second-order valence-electron chi connectivity index (χ2n) is 18.1. The van der Waals surface area contributed by atoms with Crippen molar-refractivity contribution < 1.29 is 0 Å². The topological polar surface area (TPSA) is 6.48 Å². The Morgan fingerprint density at radius 3 is 1.37 bits per heavy atom. The first-order valence-corrected chi connectivity index (χ1v) is 23.1. The molecule has 0 bridgehead atoms. The number of anilines is 6. The van der Waals surface area contributed by atoms with Gasteiger partial charge in [-0.3, -0.25) is 0 Å². The SMILES string of the molecule is CC1(C)c2cc(N(c3ccc(-c4ccccc4)cc3)c3ccc(C4(c5ccc(N(c6ccccc6)c6ccccc6)cc5)C=CCCC4)cc3)ccc2-c2c(-c3ccccc3)cccc21. The van der Waals surface area contributed by atoms with E-state index in [2.05, 4.69) is 266 Å². The predicted molar refractivity (Wildman–Crippen MR) is 274 cm³/mol. The summed E-state index contributed by atoms with van der Waals surface area (Å²) in [6.45, 7) is 4.77. The Morgan fingerprint density at radius 2 is 0.831 bits per heavy atom. The molecule has 0 aromatic heterocycles. The first kappa shape index (κ1) is 40.1. The highest BCUT2D eigenvalue weighted by Gasteiger charge is 2.38. The number of hydrogen-bond donors (Lipinski definition) is 0. The fourth-order valence-corrected chi connectivity index (χ4v) is 10.6. The Kier molecular flexibility index (Phi) is 10.4. The molecule has 1 unspecified atom stereocenters. The van der Waals surface area contributed by atoms with Crippen LogP contribution in [-0.4, -0.2) is 0 Å². The van der Waals surface area contributed by atoms with Crippen LogP contribution in [0.5, 0.6) is 0 Å². The summed E-state index contributed by atoms with van der Waals surface area (Å²) in [5, 5.41) is 0. The summed E-state index contributed by atoms with van der Waals surface area (Å²) < 4.78 is 0. The lowest BCUT2D eigenvalue weighted by Crippen LogP contribution is -2.27. The highest BCUT2D eigenvalue weighted by Crippen LogP contribution is 2.54. The predicted octanol–water partition coefficient (Wildman–Crippen LogP) is 17.3. The molecule has 0 spiro atoms. The largest absolute Gasteiger partial charge is 0.311 e. The number of hydrogen-bond acceptors (Lipinski definition) is 2. The maximum Gasteiger partial charge on any atom is 0.0465 e. The molecule has 9 aromatic carbocycles. The monoisotopic (exact) mass is 836 g/mol. The van der Waals surface area contributed by atoms with E-state index < -0.39 is 0 Å². The van der Waals surface area contributed by atoms with Gasteiger partial charge in [-0.05, 0) is 148 Å². The number of benzene rings is 9. The smallest absolute Gasteiger partial charge is 0.0465 e. The summed E-state index contributed by atoms with van der Waals surface area (Å²) in [4.78, 5) is 4.78. The molecule has 2 nitrogen and oxygen atoms in total. The fraction of sp³-hybridized carbons (Fsp3) is 0.111. The van der Waals surface area contributed by atoms with Gasteiger partial charge in [0.15, 0.2) is 0 Å². The van der Waals surface area contributed by atoms with Gasteiger partial charge in [0.2, 0.25) is 0 Å². The zero-order valence-corrected chi connectivity index (χ0v) is 37.1. The molecule has 314 valence electrons. The van der Waals surface area contributed by atoms with Crippen molar-refractivity contribution in [1.29, 1.82) is 0 Å². The van der Waals surface area contributed by atoms with Crippen molar-refractivity contribution >= 4 is 34.1 Å². The third kappa shape index (κ3) is 7.26. The molecule has 11 rings (SSSR count). The maximum absolute atomic E-state index is 2.47. The van der Waals surface area contributed by atoms with Crippen LogP contribution < -0.4 is 9.80 Å². The lowest BCUT2D eigenvalue weighted by Gasteiger charge is -2.36. The van der Waals surface area contributed by atoms with Gasteiger partial charge in [-0.25, -0.2) is 0 Å². The van der Waals surface area contributed by atoms with E-state index in [4.69, 9.17) is 0 Å². The summed E-state index contributed by atoms with van der Waals surface area (Å²) in [6.07, 6.45) is 8.15. The highest BCUT2D eigenvalue weighted by molar-refractivity contribution is 5.94. The fourth-order valence-electron chi connectivity index (χ4n) is 10.6. The van der Waals surface area contributed by atoms with Crippen LogP contribution in [0.2, 0.25) is 0 Å². The lowest BCUT2D eigenvalue weighted by atomic mass is 9.69. The van der Waals surface area contributed by atoms with Crippen molar-refractivity contribution in [1.82, 2.24) is 0 Å². The van der Waals surface area contributed by atoms with Gasteiger partial charge in [0.25, 0.3) is 0 Å². The van der Waals surface area contributed by atoms with E-state index in [-0.39, 0.29) is 10.8 Å². The van der Waals surface area contributed by atoms with E-state index in [9.17, 15) is 0 Å². The second-order valence-corrected chi connectivity index (χ2v) is 18.1. The van der Waals surface area contributed by atoms with Gasteiger partial charge in [0.1, 0.15) is 0 Å². The number of nitrogens with zero attached hydrogens (tertiary/aromatic N) is 2. The molecule has 0 heterocycles. The van der Waals surface area contributed by atoms with Crippen LogP contribution in [0.15, 0.2) is 243 Å². The summed E-state index contributed by atoms with van der Waals surface area (Å²) in [5.41, 5.74) is 19.4. The van der Waals surface area contributed by atoms with Crippen molar-refractivity contribution in [3.8, 4) is 33.4 Å². The Morgan fingerprint density at radius 1 is 0.369 bits per heavy atom. The number of fused-ring (bicyclic) bond motifs is 3. The van der Waals surface area contributed by atoms with Gasteiger partial charge < -0.3 is 9.80 Å². The Bertz CT molecular complexity index is 3060. The minimum absolute atomic E-state index is 0.174. The Balaban J connectivity index is 0.990. The molecule has 0 saturated carbocycles. The molecular weight excluding hydrogens is 785 g/mol. The summed E-state index contributed by atoms with van der Waals surface area (Å²) in [7, 11) is 0. The Hall–Kier alpha value is -7.68. The summed E-state index contributed by atoms with van der Waals surface area (Å²) in [5.74, 6) is 0. The molecule has 0 saturated heterocycles. The van der Waals surface area contributed by atoms with E-state index in [1.54, 1.807) is 0 Å². The maximum atomic E-state index is 2.47. The van der Waals surface area contributed by atoms with Crippen molar-refractivity contribution in [3.05, 3.63) is 265 Å². The van der Waals surface area contributed by atoms with Crippen LogP contribution in [0.25, 0.3) is 33.4 Å². The molecule has 0 fully saturated rings. The summed E-state index contributed by atoms with van der Waals surface area (Å²) >= 11 is 0. The van der Waals surface area contributed by atoms with Gasteiger partial charge in [-0.1, -0.05) is 184 Å². The normalized spacial score (nSPS) is 15.8. The number of para-hydroxylation sites is 2. The average molecular weight is 837 g/mol. The van der Waals surface area contributed by atoms with Crippen LogP contribution in [0.4, 0.5) is 34.1 Å². The minimum Gasteiger partial charge on any atom is -0.311 e. The lowest BCUT2D eigenvalue weighted by molar-refractivity contribution is 0.530. The van der Waals surface area contributed by atoms with E-state index in [1.165, 1.54) is 55.6 Å². The zero-order valence-electron chi connectivity index (χ0n) is 37.1. The van der Waals surface area contributed by atoms with Crippen molar-refractivity contribution in [2.45, 2.75) is 43.9 Å². The van der Waals surface area contributed by atoms with Crippen LogP contribution >= 0.6 is 0 Å².